The first-order valence-corrected chi connectivity index (χ1v) is 8.40. The third-order valence-corrected chi connectivity index (χ3v) is 4.52. The summed E-state index contributed by atoms with van der Waals surface area (Å²) in [5.41, 5.74) is 1.07. The van der Waals surface area contributed by atoms with E-state index in [0.29, 0.717) is 13.0 Å². The fourth-order valence-electron chi connectivity index (χ4n) is 3.21. The summed E-state index contributed by atoms with van der Waals surface area (Å²) in [7, 11) is 3.59. The lowest BCUT2D eigenvalue weighted by Crippen LogP contribution is -2.12. The minimum absolute atomic E-state index is 0.258. The van der Waals surface area contributed by atoms with Gasteiger partial charge >= 0.3 is 0 Å². The highest BCUT2D eigenvalue weighted by atomic mass is 16.5. The number of para-hydroxylation sites is 1. The predicted octanol–water partition coefficient (Wildman–Crippen LogP) is 2.10. The average molecular weight is 339 g/mol. The molecule has 2 aromatic heterocycles. The second-order valence-corrected chi connectivity index (χ2v) is 6.16. The summed E-state index contributed by atoms with van der Waals surface area (Å²) in [5.74, 6) is 3.72. The van der Waals surface area contributed by atoms with E-state index in [4.69, 9.17) is 19.6 Å². The van der Waals surface area contributed by atoms with Crippen LogP contribution in [0.2, 0.25) is 0 Å². The molecule has 3 heterocycles. The number of methoxy groups -OCH3 is 1. The number of nitrogens with zero attached hydrogens (tertiary/aromatic N) is 5. The molecule has 0 radical (unpaired) electrons. The van der Waals surface area contributed by atoms with E-state index >= 15 is 0 Å². The fraction of sp³-hybridized carbons (Fsp3) is 0.389. The maximum atomic E-state index is 5.55. The zero-order valence-corrected chi connectivity index (χ0v) is 14.4. The van der Waals surface area contributed by atoms with E-state index < -0.39 is 0 Å². The Kier molecular flexibility index (Phi) is 4.23. The van der Waals surface area contributed by atoms with Crippen molar-refractivity contribution in [1.82, 2.24) is 24.5 Å². The topological polar surface area (TPSA) is 67.0 Å². The highest BCUT2D eigenvalue weighted by molar-refractivity contribution is 5.35. The Morgan fingerprint density at radius 2 is 2.16 bits per heavy atom. The van der Waals surface area contributed by atoms with Crippen LogP contribution in [0.4, 0.5) is 0 Å². The average Bonchev–Trinajstić information content (AvgIpc) is 3.35. The van der Waals surface area contributed by atoms with Crippen LogP contribution in [0.15, 0.2) is 36.5 Å². The van der Waals surface area contributed by atoms with Gasteiger partial charge in [-0.05, 0) is 12.5 Å². The van der Waals surface area contributed by atoms with Crippen LogP contribution in [0.3, 0.4) is 0 Å². The minimum Gasteiger partial charge on any atom is -0.496 e. The van der Waals surface area contributed by atoms with Crippen LogP contribution in [0.1, 0.15) is 29.6 Å². The Morgan fingerprint density at radius 3 is 2.88 bits per heavy atom. The molecule has 1 saturated heterocycles. The number of hydrogen-bond donors (Lipinski definition) is 0. The molecule has 130 valence electrons. The molecule has 4 rings (SSSR count). The fourth-order valence-corrected chi connectivity index (χ4v) is 3.21. The summed E-state index contributed by atoms with van der Waals surface area (Å²) in [4.78, 5) is 4.84. The molecular weight excluding hydrogens is 318 g/mol. The van der Waals surface area contributed by atoms with E-state index in [9.17, 15) is 0 Å². The van der Waals surface area contributed by atoms with Crippen molar-refractivity contribution in [2.45, 2.75) is 18.8 Å². The van der Waals surface area contributed by atoms with Crippen molar-refractivity contribution in [3.05, 3.63) is 53.7 Å². The standard InChI is InChI=1S/C18H21N5O2/c1-22-17(7-9-19-22)23-18(14-8-10-25-12-14)20-16(21-23)11-13-5-3-4-6-15(13)24-2/h3-7,9,14H,8,10-12H2,1-2H3. The third-order valence-electron chi connectivity index (χ3n) is 4.52. The van der Waals surface area contributed by atoms with Crippen LogP contribution < -0.4 is 4.74 Å². The van der Waals surface area contributed by atoms with Gasteiger partial charge in [-0.15, -0.1) is 5.10 Å². The SMILES string of the molecule is COc1ccccc1Cc1nc(C2CCOC2)n(-c2ccnn2C)n1. The number of ether oxygens (including phenoxy) is 2. The van der Waals surface area contributed by atoms with Gasteiger partial charge in [0.05, 0.1) is 19.9 Å². The Bertz CT molecular complexity index is 864. The van der Waals surface area contributed by atoms with Gasteiger partial charge in [0, 0.05) is 37.6 Å². The molecule has 3 aromatic rings. The van der Waals surface area contributed by atoms with Crippen LogP contribution in [-0.2, 0) is 18.2 Å². The van der Waals surface area contributed by atoms with E-state index in [2.05, 4.69) is 5.10 Å². The van der Waals surface area contributed by atoms with Crippen molar-refractivity contribution in [3.8, 4) is 11.6 Å². The van der Waals surface area contributed by atoms with E-state index in [1.165, 1.54) is 0 Å². The monoisotopic (exact) mass is 339 g/mol. The zero-order valence-electron chi connectivity index (χ0n) is 14.4. The van der Waals surface area contributed by atoms with Crippen molar-refractivity contribution < 1.29 is 9.47 Å². The minimum atomic E-state index is 0.258. The molecule has 25 heavy (non-hydrogen) atoms. The quantitative estimate of drug-likeness (QED) is 0.712. The van der Waals surface area contributed by atoms with Crippen LogP contribution in [-0.4, -0.2) is 44.9 Å². The van der Waals surface area contributed by atoms with E-state index in [1.54, 1.807) is 18.0 Å². The number of hydrogen-bond acceptors (Lipinski definition) is 5. The highest BCUT2D eigenvalue weighted by Crippen LogP contribution is 2.27. The Labute approximate surface area is 146 Å². The molecule has 0 saturated carbocycles. The largest absolute Gasteiger partial charge is 0.496 e. The highest BCUT2D eigenvalue weighted by Gasteiger charge is 2.26. The molecule has 0 N–H and O–H groups in total. The van der Waals surface area contributed by atoms with Gasteiger partial charge < -0.3 is 9.47 Å². The summed E-state index contributed by atoms with van der Waals surface area (Å²) in [5, 5.41) is 9.02. The number of aryl methyl sites for hydroxylation is 1. The van der Waals surface area contributed by atoms with Crippen LogP contribution in [0.25, 0.3) is 5.82 Å². The van der Waals surface area contributed by atoms with Gasteiger partial charge in [0.2, 0.25) is 0 Å². The first kappa shape index (κ1) is 15.8. The Morgan fingerprint density at radius 1 is 1.28 bits per heavy atom. The molecular formula is C18H21N5O2. The van der Waals surface area contributed by atoms with Crippen LogP contribution in [0, 0.1) is 0 Å². The number of rotatable bonds is 5. The van der Waals surface area contributed by atoms with Gasteiger partial charge in [0.1, 0.15) is 11.6 Å². The summed E-state index contributed by atoms with van der Waals surface area (Å²) in [6.07, 6.45) is 3.35. The molecule has 7 heteroatoms. The zero-order chi connectivity index (χ0) is 17.2. The van der Waals surface area contributed by atoms with Crippen LogP contribution in [0.5, 0.6) is 5.75 Å². The van der Waals surface area contributed by atoms with Gasteiger partial charge in [0.15, 0.2) is 11.6 Å². The lowest BCUT2D eigenvalue weighted by Gasteiger charge is -2.09. The van der Waals surface area contributed by atoms with Crippen molar-refractivity contribution in [3.63, 3.8) is 0 Å². The third kappa shape index (κ3) is 3.02. The van der Waals surface area contributed by atoms with Gasteiger partial charge in [-0.3, -0.25) is 4.68 Å². The molecule has 0 aliphatic carbocycles. The van der Waals surface area contributed by atoms with Gasteiger partial charge in [-0.1, -0.05) is 18.2 Å². The summed E-state index contributed by atoms with van der Waals surface area (Å²) in [6.45, 7) is 1.45. The molecule has 1 aliphatic heterocycles. The van der Waals surface area contributed by atoms with Gasteiger partial charge in [-0.25, -0.2) is 4.98 Å². The second kappa shape index (κ2) is 6.68. The van der Waals surface area contributed by atoms with Gasteiger partial charge in [-0.2, -0.15) is 9.78 Å². The first-order chi connectivity index (χ1) is 12.3. The number of aromatic nitrogens is 5. The Hall–Kier alpha value is -2.67. The first-order valence-electron chi connectivity index (χ1n) is 8.40. The predicted molar refractivity (Wildman–Crippen MR) is 92.1 cm³/mol. The van der Waals surface area contributed by atoms with E-state index in [-0.39, 0.29) is 5.92 Å². The normalized spacial score (nSPS) is 17.1. The van der Waals surface area contributed by atoms with E-state index in [0.717, 1.165) is 41.8 Å². The summed E-state index contributed by atoms with van der Waals surface area (Å²) < 4.78 is 14.7. The molecule has 1 fully saturated rings. The molecule has 0 bridgehead atoms. The van der Waals surface area contributed by atoms with E-state index in [1.807, 2.05) is 42.1 Å². The Balaban J connectivity index is 1.73. The van der Waals surface area contributed by atoms with Crippen molar-refractivity contribution in [1.29, 1.82) is 0 Å². The van der Waals surface area contributed by atoms with Crippen LogP contribution >= 0.6 is 0 Å². The maximum Gasteiger partial charge on any atom is 0.155 e. The van der Waals surface area contributed by atoms with Gasteiger partial charge in [0.25, 0.3) is 0 Å². The molecule has 0 amide bonds. The summed E-state index contributed by atoms with van der Waals surface area (Å²) >= 11 is 0. The maximum absolute atomic E-state index is 5.55. The lowest BCUT2D eigenvalue weighted by atomic mass is 10.1. The molecule has 0 spiro atoms. The molecule has 1 aromatic carbocycles. The molecule has 1 aliphatic rings. The van der Waals surface area contributed by atoms with Crippen molar-refractivity contribution in [2.75, 3.05) is 20.3 Å². The molecule has 7 nitrogen and oxygen atoms in total. The number of benzene rings is 1. The van der Waals surface area contributed by atoms with Crippen molar-refractivity contribution >= 4 is 0 Å². The molecule has 1 atom stereocenters. The lowest BCUT2D eigenvalue weighted by molar-refractivity contribution is 0.193. The molecule has 1 unspecified atom stereocenters. The smallest absolute Gasteiger partial charge is 0.155 e. The summed E-state index contributed by atoms with van der Waals surface area (Å²) in [6, 6.07) is 9.91. The van der Waals surface area contributed by atoms with Crippen molar-refractivity contribution in [2.24, 2.45) is 7.05 Å². The second-order valence-electron chi connectivity index (χ2n) is 6.16.